The Labute approximate surface area is 172 Å². The minimum Gasteiger partial charge on any atom is -0.497 e. The molecule has 0 spiro atoms. The van der Waals surface area contributed by atoms with Gasteiger partial charge in [0.1, 0.15) is 12.3 Å². The van der Waals surface area contributed by atoms with Gasteiger partial charge in [0.05, 0.1) is 13.7 Å². The first-order valence-electron chi connectivity index (χ1n) is 8.66. The third-order valence-electron chi connectivity index (χ3n) is 3.97. The zero-order valence-corrected chi connectivity index (χ0v) is 16.6. The van der Waals surface area contributed by atoms with Gasteiger partial charge in [-0.15, -0.1) is 10.2 Å². The lowest BCUT2D eigenvalue weighted by atomic mass is 10.2. The van der Waals surface area contributed by atoms with E-state index in [4.69, 9.17) is 16.3 Å². The highest BCUT2D eigenvalue weighted by Gasteiger charge is 2.16. The molecule has 3 rings (SSSR count). The summed E-state index contributed by atoms with van der Waals surface area (Å²) in [7, 11) is 3.08. The summed E-state index contributed by atoms with van der Waals surface area (Å²) in [6, 6.07) is 14.0. The van der Waals surface area contributed by atoms with Crippen LogP contribution in [0.4, 0.5) is 5.69 Å². The van der Waals surface area contributed by atoms with Crippen molar-refractivity contribution in [2.24, 2.45) is 0 Å². The summed E-state index contributed by atoms with van der Waals surface area (Å²) in [4.78, 5) is 27.0. The summed E-state index contributed by atoms with van der Waals surface area (Å²) in [5, 5.41) is 15.3. The number of aromatic nitrogens is 4. The van der Waals surface area contributed by atoms with E-state index in [1.54, 1.807) is 55.6 Å². The van der Waals surface area contributed by atoms with E-state index in [-0.39, 0.29) is 24.9 Å². The number of amides is 2. The van der Waals surface area contributed by atoms with Crippen LogP contribution in [0.15, 0.2) is 48.5 Å². The van der Waals surface area contributed by atoms with Gasteiger partial charge in [0.15, 0.2) is 0 Å². The smallest absolute Gasteiger partial charge is 0.246 e. The molecule has 0 aliphatic heterocycles. The highest BCUT2D eigenvalue weighted by Crippen LogP contribution is 2.18. The maximum absolute atomic E-state index is 12.4. The van der Waals surface area contributed by atoms with Crippen LogP contribution < -0.4 is 10.1 Å². The van der Waals surface area contributed by atoms with Crippen molar-refractivity contribution in [2.45, 2.75) is 6.54 Å². The number of nitrogens with one attached hydrogen (secondary N) is 1. The van der Waals surface area contributed by atoms with E-state index in [0.717, 1.165) is 0 Å². The van der Waals surface area contributed by atoms with Gasteiger partial charge in [-0.25, -0.2) is 0 Å². The molecule has 0 radical (unpaired) electrons. The molecule has 0 unspecified atom stereocenters. The Kier molecular flexibility index (Phi) is 6.40. The molecule has 0 fully saturated rings. The predicted molar refractivity (Wildman–Crippen MR) is 108 cm³/mol. The first-order chi connectivity index (χ1) is 13.9. The maximum Gasteiger partial charge on any atom is 0.246 e. The van der Waals surface area contributed by atoms with Crippen LogP contribution in [0.3, 0.4) is 0 Å². The molecule has 1 N–H and O–H groups in total. The van der Waals surface area contributed by atoms with Gasteiger partial charge in [0, 0.05) is 29.4 Å². The molecule has 150 valence electrons. The van der Waals surface area contributed by atoms with Crippen molar-refractivity contribution in [1.82, 2.24) is 25.1 Å². The molecule has 10 heteroatoms. The summed E-state index contributed by atoms with van der Waals surface area (Å²) >= 11 is 5.96. The third kappa shape index (κ3) is 5.52. The van der Waals surface area contributed by atoms with E-state index in [0.29, 0.717) is 27.8 Å². The van der Waals surface area contributed by atoms with Gasteiger partial charge in [0.2, 0.25) is 17.6 Å². The second kappa shape index (κ2) is 9.16. The predicted octanol–water partition coefficient (Wildman–Crippen LogP) is 2.10. The molecular weight excluding hydrogens is 396 g/mol. The second-order valence-corrected chi connectivity index (χ2v) is 6.62. The normalized spacial score (nSPS) is 10.4. The van der Waals surface area contributed by atoms with Crippen molar-refractivity contribution in [3.63, 3.8) is 0 Å². The van der Waals surface area contributed by atoms with Crippen LogP contribution in [0.2, 0.25) is 5.02 Å². The SMILES string of the molecule is COc1cccc(NC(=O)CN(C)C(=O)Cn2nnc(-c3cccc(Cl)c3)n2)c1. The van der Waals surface area contributed by atoms with E-state index in [9.17, 15) is 9.59 Å². The summed E-state index contributed by atoms with van der Waals surface area (Å²) in [6.07, 6.45) is 0. The number of benzene rings is 2. The number of rotatable bonds is 7. The van der Waals surface area contributed by atoms with Gasteiger partial charge < -0.3 is 15.0 Å². The van der Waals surface area contributed by atoms with Crippen LogP contribution in [-0.4, -0.2) is 57.6 Å². The molecule has 9 nitrogen and oxygen atoms in total. The Morgan fingerprint density at radius 1 is 1.21 bits per heavy atom. The van der Waals surface area contributed by atoms with Crippen molar-refractivity contribution in [1.29, 1.82) is 0 Å². The van der Waals surface area contributed by atoms with Crippen LogP contribution in [-0.2, 0) is 16.1 Å². The lowest BCUT2D eigenvalue weighted by Crippen LogP contribution is -2.37. The van der Waals surface area contributed by atoms with Gasteiger partial charge >= 0.3 is 0 Å². The fourth-order valence-corrected chi connectivity index (χ4v) is 2.69. The monoisotopic (exact) mass is 414 g/mol. The minimum absolute atomic E-state index is 0.119. The Hall–Kier alpha value is -3.46. The number of halogens is 1. The molecule has 1 aromatic heterocycles. The molecule has 1 heterocycles. The Bertz CT molecular complexity index is 1020. The average molecular weight is 415 g/mol. The number of hydrogen-bond acceptors (Lipinski definition) is 6. The number of anilines is 1. The summed E-state index contributed by atoms with van der Waals surface area (Å²) in [5.74, 6) is 0.319. The Morgan fingerprint density at radius 2 is 2.00 bits per heavy atom. The molecular formula is C19H19ClN6O3. The molecule has 2 aromatic carbocycles. The van der Waals surface area contributed by atoms with E-state index >= 15 is 0 Å². The fourth-order valence-electron chi connectivity index (χ4n) is 2.50. The highest BCUT2D eigenvalue weighted by atomic mass is 35.5. The number of ether oxygens (including phenoxy) is 1. The van der Waals surface area contributed by atoms with Crippen LogP contribution in [0.5, 0.6) is 5.75 Å². The van der Waals surface area contributed by atoms with Crippen LogP contribution in [0.1, 0.15) is 0 Å². The van der Waals surface area contributed by atoms with Crippen molar-refractivity contribution in [2.75, 3.05) is 26.0 Å². The third-order valence-corrected chi connectivity index (χ3v) is 4.21. The molecule has 0 saturated heterocycles. The molecule has 0 atom stereocenters. The fraction of sp³-hybridized carbons (Fsp3) is 0.211. The number of tetrazole rings is 1. The highest BCUT2D eigenvalue weighted by molar-refractivity contribution is 6.30. The van der Waals surface area contributed by atoms with Gasteiger partial charge in [-0.2, -0.15) is 4.80 Å². The average Bonchev–Trinajstić information content (AvgIpc) is 3.16. The lowest BCUT2D eigenvalue weighted by molar-refractivity contribution is -0.134. The van der Waals surface area contributed by atoms with Crippen molar-refractivity contribution in [3.05, 3.63) is 53.6 Å². The Morgan fingerprint density at radius 3 is 2.76 bits per heavy atom. The van der Waals surface area contributed by atoms with Crippen molar-refractivity contribution < 1.29 is 14.3 Å². The maximum atomic E-state index is 12.4. The van der Waals surface area contributed by atoms with Crippen molar-refractivity contribution >= 4 is 29.1 Å². The number of hydrogen-bond donors (Lipinski definition) is 1. The van der Waals surface area contributed by atoms with Gasteiger partial charge in [-0.1, -0.05) is 29.8 Å². The summed E-state index contributed by atoms with van der Waals surface area (Å²) in [5.41, 5.74) is 1.28. The zero-order chi connectivity index (χ0) is 20.8. The quantitative estimate of drug-likeness (QED) is 0.635. The van der Waals surface area contributed by atoms with E-state index in [1.807, 2.05) is 0 Å². The number of carbonyl (C=O) groups is 2. The standard InChI is InChI=1S/C19H19ClN6O3/c1-25(11-17(27)21-15-7-4-8-16(10-15)29-2)18(28)12-26-23-19(22-24-26)13-5-3-6-14(20)9-13/h3-10H,11-12H2,1-2H3,(H,21,27). The largest absolute Gasteiger partial charge is 0.497 e. The minimum atomic E-state index is -0.333. The molecule has 29 heavy (non-hydrogen) atoms. The van der Waals surface area contributed by atoms with Crippen LogP contribution >= 0.6 is 11.6 Å². The number of methoxy groups -OCH3 is 1. The number of carbonyl (C=O) groups excluding carboxylic acids is 2. The summed E-state index contributed by atoms with van der Waals surface area (Å²) in [6.45, 7) is -0.262. The number of likely N-dealkylation sites (N-methyl/N-ethyl adjacent to an activating group) is 1. The Balaban J connectivity index is 1.55. The topological polar surface area (TPSA) is 102 Å². The zero-order valence-electron chi connectivity index (χ0n) is 15.9. The van der Waals surface area contributed by atoms with E-state index < -0.39 is 0 Å². The molecule has 0 aliphatic carbocycles. The molecule has 2 amide bonds. The molecule has 0 bridgehead atoms. The summed E-state index contributed by atoms with van der Waals surface area (Å²) < 4.78 is 5.12. The first-order valence-corrected chi connectivity index (χ1v) is 9.04. The molecule has 3 aromatic rings. The van der Waals surface area contributed by atoms with E-state index in [2.05, 4.69) is 20.7 Å². The molecule has 0 saturated carbocycles. The van der Waals surface area contributed by atoms with Crippen LogP contribution in [0.25, 0.3) is 11.4 Å². The van der Waals surface area contributed by atoms with Gasteiger partial charge in [0.25, 0.3) is 0 Å². The number of nitrogens with zero attached hydrogens (tertiary/aromatic N) is 5. The van der Waals surface area contributed by atoms with Gasteiger partial charge in [-0.3, -0.25) is 9.59 Å². The van der Waals surface area contributed by atoms with Crippen LogP contribution in [0, 0.1) is 0 Å². The van der Waals surface area contributed by atoms with E-state index in [1.165, 1.54) is 16.7 Å². The second-order valence-electron chi connectivity index (χ2n) is 6.18. The van der Waals surface area contributed by atoms with Crippen molar-refractivity contribution in [3.8, 4) is 17.1 Å². The molecule has 0 aliphatic rings. The lowest BCUT2D eigenvalue weighted by Gasteiger charge is -2.16. The van der Waals surface area contributed by atoms with Gasteiger partial charge in [-0.05, 0) is 29.5 Å². The first kappa shape index (κ1) is 20.3.